The van der Waals surface area contributed by atoms with Gasteiger partial charge in [0.1, 0.15) is 5.82 Å². The monoisotopic (exact) mass is 344 g/mol. The average Bonchev–Trinajstić information content (AvgIpc) is 2.61. The van der Waals surface area contributed by atoms with Crippen LogP contribution in [0.3, 0.4) is 0 Å². The van der Waals surface area contributed by atoms with Crippen molar-refractivity contribution in [3.05, 3.63) is 53.7 Å². The van der Waals surface area contributed by atoms with E-state index >= 15 is 0 Å². The first-order chi connectivity index (χ1) is 11.7. The number of hydrogen-bond acceptors (Lipinski definition) is 5. The first-order valence-electron chi connectivity index (χ1n) is 8.30. The predicted octanol–water partition coefficient (Wildman–Crippen LogP) is 2.92. The highest BCUT2D eigenvalue weighted by atomic mass is 32.2. The summed E-state index contributed by atoms with van der Waals surface area (Å²) in [7, 11) is 0. The van der Waals surface area contributed by atoms with Crippen molar-refractivity contribution in [3.8, 4) is 0 Å². The Morgan fingerprint density at radius 1 is 1.12 bits per heavy atom. The summed E-state index contributed by atoms with van der Waals surface area (Å²) in [6, 6.07) is 11.8. The molecule has 1 fully saturated rings. The van der Waals surface area contributed by atoms with E-state index in [1.807, 2.05) is 0 Å². The lowest BCUT2D eigenvalue weighted by Gasteiger charge is -2.26. The summed E-state index contributed by atoms with van der Waals surface area (Å²) in [4.78, 5) is 6.83. The van der Waals surface area contributed by atoms with E-state index in [2.05, 4.69) is 39.5 Å². The second-order valence-electron chi connectivity index (χ2n) is 6.12. The molecule has 2 heterocycles. The third kappa shape index (κ3) is 4.87. The Labute approximate surface area is 145 Å². The number of nitrogens with zero attached hydrogens (tertiary/aromatic N) is 2. The van der Waals surface area contributed by atoms with Crippen LogP contribution in [0.25, 0.3) is 0 Å². The second-order valence-corrected chi connectivity index (χ2v) is 7.06. The van der Waals surface area contributed by atoms with Crippen LogP contribution >= 0.6 is 0 Å². The average molecular weight is 344 g/mol. The van der Waals surface area contributed by atoms with Gasteiger partial charge in [0.15, 0.2) is 0 Å². The van der Waals surface area contributed by atoms with Gasteiger partial charge in [-0.25, -0.2) is 4.98 Å². The number of aromatic nitrogens is 1. The van der Waals surface area contributed by atoms with Gasteiger partial charge in [-0.1, -0.05) is 30.7 Å². The van der Waals surface area contributed by atoms with Crippen molar-refractivity contribution in [1.29, 1.82) is 0 Å². The predicted molar refractivity (Wildman–Crippen MR) is 94.3 cm³/mol. The number of likely N-dealkylation sites (tertiary alicyclic amines) is 1. The quantitative estimate of drug-likeness (QED) is 0.816. The van der Waals surface area contributed by atoms with Crippen LogP contribution in [-0.4, -0.2) is 31.7 Å². The number of rotatable bonds is 6. The van der Waals surface area contributed by atoms with E-state index in [1.165, 1.54) is 49.7 Å². The number of hydrogen-bond donors (Lipinski definition) is 1. The Bertz CT molecular complexity index is 685. The maximum absolute atomic E-state index is 10.8. The Balaban J connectivity index is 1.56. The van der Waals surface area contributed by atoms with Crippen molar-refractivity contribution in [2.75, 3.05) is 18.4 Å². The van der Waals surface area contributed by atoms with E-state index in [0.29, 0.717) is 12.4 Å². The third-order valence-corrected chi connectivity index (χ3v) is 4.88. The number of piperidine rings is 1. The normalized spacial score (nSPS) is 16.7. The highest BCUT2D eigenvalue weighted by molar-refractivity contribution is 7.79. The summed E-state index contributed by atoms with van der Waals surface area (Å²) in [6.07, 6.45) is 5.32. The summed E-state index contributed by atoms with van der Waals surface area (Å²) < 4.78 is 21.7. The van der Waals surface area contributed by atoms with Crippen molar-refractivity contribution in [1.82, 2.24) is 9.88 Å². The smallest absolute Gasteiger partial charge is 0.126 e. The van der Waals surface area contributed by atoms with Crippen LogP contribution in [0.5, 0.6) is 0 Å². The molecule has 0 spiro atoms. The van der Waals surface area contributed by atoms with Crippen LogP contribution in [-0.2, 0) is 24.2 Å². The van der Waals surface area contributed by atoms with Crippen molar-refractivity contribution in [2.45, 2.75) is 37.2 Å². The lowest BCUT2D eigenvalue weighted by Crippen LogP contribution is -2.29. The van der Waals surface area contributed by atoms with Crippen molar-refractivity contribution >= 4 is 16.9 Å². The summed E-state index contributed by atoms with van der Waals surface area (Å²) in [5.41, 5.74) is 2.53. The zero-order chi connectivity index (χ0) is 16.8. The minimum atomic E-state index is -2.23. The maximum atomic E-state index is 10.8. The molecule has 6 heteroatoms. The third-order valence-electron chi connectivity index (χ3n) is 4.25. The van der Waals surface area contributed by atoms with E-state index < -0.39 is 11.1 Å². The molecule has 1 unspecified atom stereocenters. The van der Waals surface area contributed by atoms with Gasteiger partial charge >= 0.3 is 0 Å². The Morgan fingerprint density at radius 3 is 2.62 bits per heavy atom. The molecule has 0 saturated carbocycles. The van der Waals surface area contributed by atoms with E-state index in [0.717, 1.165) is 6.54 Å². The molecule has 1 atom stereocenters. The van der Waals surface area contributed by atoms with Crippen LogP contribution in [0.1, 0.15) is 30.4 Å². The number of benzene rings is 1. The van der Waals surface area contributed by atoms with Gasteiger partial charge in [-0.2, -0.15) is 0 Å². The van der Waals surface area contributed by atoms with Crippen molar-refractivity contribution in [2.24, 2.45) is 0 Å². The first-order valence-corrected chi connectivity index (χ1v) is 9.37. The Hall–Kier alpha value is -1.76. The van der Waals surface area contributed by atoms with Gasteiger partial charge in [-0.15, -0.1) is 0 Å². The fraction of sp³-hybridized carbons (Fsp3) is 0.389. The molecule has 1 aromatic heterocycles. The topological polar surface area (TPSA) is 68.3 Å². The molecule has 3 rings (SSSR count). The van der Waals surface area contributed by atoms with Crippen LogP contribution in [0, 0.1) is 0 Å². The van der Waals surface area contributed by atoms with Gasteiger partial charge in [-0.05, 0) is 60.3 Å². The van der Waals surface area contributed by atoms with Crippen molar-refractivity contribution < 1.29 is 8.76 Å². The van der Waals surface area contributed by atoms with E-state index in [9.17, 15) is 8.76 Å². The zero-order valence-electron chi connectivity index (χ0n) is 13.6. The number of anilines is 1. The van der Waals surface area contributed by atoms with Gasteiger partial charge in [0.25, 0.3) is 0 Å². The summed E-state index contributed by atoms with van der Waals surface area (Å²) in [5.74, 6) is 0.672. The van der Waals surface area contributed by atoms with Crippen LogP contribution < -0.4 is 5.32 Å². The molecule has 128 valence electrons. The molecule has 1 aliphatic heterocycles. The van der Waals surface area contributed by atoms with E-state index in [1.54, 1.807) is 12.1 Å². The first kappa shape index (κ1) is 17.1. The molecule has 0 aliphatic carbocycles. The van der Waals surface area contributed by atoms with E-state index in [-0.39, 0.29) is 4.90 Å². The maximum Gasteiger partial charge on any atom is 0.126 e. The lowest BCUT2D eigenvalue weighted by atomic mass is 10.1. The van der Waals surface area contributed by atoms with Gasteiger partial charge < -0.3 is 9.87 Å². The molecule has 0 amide bonds. The fourth-order valence-corrected chi connectivity index (χ4v) is 3.31. The van der Waals surface area contributed by atoms with Crippen molar-refractivity contribution in [3.63, 3.8) is 0 Å². The molecule has 1 N–H and O–H groups in total. The van der Waals surface area contributed by atoms with Gasteiger partial charge in [0.2, 0.25) is 0 Å². The SMILES string of the molecule is O=S([O-])c1ccc(NCc2cccc(CN3CCCCC3)c2)nc1. The Morgan fingerprint density at radius 2 is 1.92 bits per heavy atom. The fourth-order valence-electron chi connectivity index (χ4n) is 2.99. The van der Waals surface area contributed by atoms with Gasteiger partial charge in [0.05, 0.1) is 0 Å². The van der Waals surface area contributed by atoms with Crippen LogP contribution in [0.15, 0.2) is 47.5 Å². The standard InChI is InChI=1S/C18H23N3O2S/c22-24(23)17-7-8-18(20-13-17)19-12-15-5-4-6-16(11-15)14-21-9-2-1-3-10-21/h4-8,11,13H,1-3,9-10,12,14H2,(H,19,20)(H,22,23)/p-1. The molecule has 0 bridgehead atoms. The zero-order valence-corrected chi connectivity index (χ0v) is 14.4. The molecule has 5 nitrogen and oxygen atoms in total. The minimum absolute atomic E-state index is 0.198. The summed E-state index contributed by atoms with van der Waals surface area (Å²) >= 11 is -2.23. The molecular weight excluding hydrogens is 322 g/mol. The second kappa shape index (κ2) is 8.37. The molecule has 2 aromatic rings. The molecule has 0 radical (unpaired) electrons. The van der Waals surface area contributed by atoms with E-state index in [4.69, 9.17) is 0 Å². The van der Waals surface area contributed by atoms with Crippen LogP contribution in [0.2, 0.25) is 0 Å². The molecule has 1 aromatic carbocycles. The lowest BCUT2D eigenvalue weighted by molar-refractivity contribution is 0.221. The Kier molecular flexibility index (Phi) is 5.96. The number of nitrogens with one attached hydrogen (secondary N) is 1. The van der Waals surface area contributed by atoms with Crippen LogP contribution in [0.4, 0.5) is 5.82 Å². The minimum Gasteiger partial charge on any atom is -0.768 e. The molecule has 1 aliphatic rings. The van der Waals surface area contributed by atoms with Gasteiger partial charge in [-0.3, -0.25) is 9.11 Å². The molecule has 1 saturated heterocycles. The largest absolute Gasteiger partial charge is 0.768 e. The molecular formula is C18H22N3O2S-. The highest BCUT2D eigenvalue weighted by Gasteiger charge is 2.10. The summed E-state index contributed by atoms with van der Waals surface area (Å²) in [6.45, 7) is 4.07. The number of pyridine rings is 1. The molecule has 24 heavy (non-hydrogen) atoms. The summed E-state index contributed by atoms with van der Waals surface area (Å²) in [5, 5.41) is 3.23. The highest BCUT2D eigenvalue weighted by Crippen LogP contribution is 2.15. The van der Waals surface area contributed by atoms with Gasteiger partial charge in [0, 0.05) is 24.2 Å².